The number of thiophene rings is 1. The lowest BCUT2D eigenvalue weighted by Gasteiger charge is -2.06. The molecular weight excluding hydrogens is 378 g/mol. The molecule has 3 nitrogen and oxygen atoms in total. The third kappa shape index (κ3) is 3.59. The van der Waals surface area contributed by atoms with Crippen molar-refractivity contribution in [3.63, 3.8) is 0 Å². The predicted molar refractivity (Wildman–Crippen MR) is 98.2 cm³/mol. The zero-order chi connectivity index (χ0) is 19.1. The van der Waals surface area contributed by atoms with E-state index in [0.717, 1.165) is 18.4 Å². The van der Waals surface area contributed by atoms with Gasteiger partial charge in [0.05, 0.1) is 9.77 Å². The molecule has 0 saturated carbocycles. The Kier molecular flexibility index (Phi) is 4.77. The highest BCUT2D eigenvalue weighted by Gasteiger charge is 2.17. The Morgan fingerprint density at radius 3 is 2.08 bits per heavy atom. The van der Waals surface area contributed by atoms with Gasteiger partial charge in [-0.05, 0) is 48.4 Å². The van der Waals surface area contributed by atoms with E-state index in [1.165, 1.54) is 36.5 Å². The highest BCUT2D eigenvalue weighted by atomic mass is 32.2. The largest absolute Gasteiger partial charge is 0.294 e. The molecule has 3 aromatic rings. The van der Waals surface area contributed by atoms with Crippen LogP contribution in [0.2, 0.25) is 0 Å². The van der Waals surface area contributed by atoms with Crippen LogP contribution < -0.4 is 0 Å². The molecule has 7 heteroatoms. The van der Waals surface area contributed by atoms with E-state index in [1.54, 1.807) is 18.2 Å². The molecule has 0 aliphatic rings. The summed E-state index contributed by atoms with van der Waals surface area (Å²) >= 11 is 1.18. The van der Waals surface area contributed by atoms with Crippen LogP contribution in [0.15, 0.2) is 53.4 Å². The molecule has 0 atom stereocenters. The summed E-state index contributed by atoms with van der Waals surface area (Å²) in [6, 6.07) is 11.5. The number of ketones is 1. The van der Waals surface area contributed by atoms with Crippen molar-refractivity contribution < 1.29 is 22.0 Å². The van der Waals surface area contributed by atoms with Gasteiger partial charge >= 0.3 is 0 Å². The van der Waals surface area contributed by atoms with Gasteiger partial charge < -0.3 is 0 Å². The second kappa shape index (κ2) is 6.74. The van der Waals surface area contributed by atoms with Crippen LogP contribution in [0.1, 0.15) is 16.6 Å². The van der Waals surface area contributed by atoms with Crippen LogP contribution in [0.3, 0.4) is 0 Å². The van der Waals surface area contributed by atoms with E-state index in [-0.39, 0.29) is 10.7 Å². The minimum absolute atomic E-state index is 0.141. The third-order valence-corrected chi connectivity index (χ3v) is 6.27. The van der Waals surface area contributed by atoms with Crippen molar-refractivity contribution >= 4 is 27.0 Å². The minimum atomic E-state index is -3.33. The summed E-state index contributed by atoms with van der Waals surface area (Å²) in [5.41, 5.74) is 1.79. The molecule has 0 amide bonds. The van der Waals surface area contributed by atoms with Gasteiger partial charge in [0.25, 0.3) is 0 Å². The Morgan fingerprint density at radius 1 is 0.923 bits per heavy atom. The fourth-order valence-corrected chi connectivity index (χ4v) is 4.21. The van der Waals surface area contributed by atoms with Crippen molar-refractivity contribution in [2.24, 2.45) is 0 Å². The molecule has 3 rings (SSSR count). The number of hydrogen-bond acceptors (Lipinski definition) is 4. The zero-order valence-electron chi connectivity index (χ0n) is 13.9. The lowest BCUT2D eigenvalue weighted by atomic mass is 10.0. The normalized spacial score (nSPS) is 11.5. The van der Waals surface area contributed by atoms with Crippen molar-refractivity contribution in [1.29, 1.82) is 0 Å². The van der Waals surface area contributed by atoms with E-state index in [0.29, 0.717) is 26.4 Å². The number of sulfone groups is 1. The number of halogens is 2. The third-order valence-electron chi connectivity index (χ3n) is 3.85. The Balaban J connectivity index is 2.17. The summed E-state index contributed by atoms with van der Waals surface area (Å²) in [4.78, 5) is 13.0. The van der Waals surface area contributed by atoms with Crippen LogP contribution in [-0.4, -0.2) is 20.5 Å². The van der Waals surface area contributed by atoms with Gasteiger partial charge in [-0.3, -0.25) is 4.79 Å². The fourth-order valence-electron chi connectivity index (χ4n) is 2.51. The maximum atomic E-state index is 13.6. The van der Waals surface area contributed by atoms with E-state index in [4.69, 9.17) is 0 Å². The summed E-state index contributed by atoms with van der Waals surface area (Å²) in [5, 5.41) is 0. The zero-order valence-corrected chi connectivity index (χ0v) is 15.5. The number of carbonyl (C=O) groups is 1. The Morgan fingerprint density at radius 2 is 1.54 bits per heavy atom. The maximum absolute atomic E-state index is 13.6. The topological polar surface area (TPSA) is 51.2 Å². The van der Waals surface area contributed by atoms with Crippen LogP contribution in [0.5, 0.6) is 0 Å². The monoisotopic (exact) mass is 392 g/mol. The Bertz CT molecular complexity index is 1100. The number of rotatable bonds is 4. The quantitative estimate of drug-likeness (QED) is 0.589. The van der Waals surface area contributed by atoms with Gasteiger partial charge in [0.1, 0.15) is 0 Å². The molecule has 0 bridgehead atoms. The number of Topliss-reactive ketones (excluding diaryl/α,β-unsaturated/α-hetero) is 1. The molecule has 0 radical (unpaired) electrons. The summed E-state index contributed by atoms with van der Waals surface area (Å²) in [6.45, 7) is 1.43. The van der Waals surface area contributed by atoms with Crippen molar-refractivity contribution in [3.8, 4) is 21.6 Å². The van der Waals surface area contributed by atoms with Crippen LogP contribution >= 0.6 is 11.3 Å². The molecule has 26 heavy (non-hydrogen) atoms. The van der Waals surface area contributed by atoms with Crippen LogP contribution in [-0.2, 0) is 9.84 Å². The van der Waals surface area contributed by atoms with Crippen molar-refractivity contribution in [2.75, 3.05) is 6.26 Å². The maximum Gasteiger partial charge on any atom is 0.175 e. The van der Waals surface area contributed by atoms with Crippen molar-refractivity contribution in [1.82, 2.24) is 0 Å². The molecule has 0 spiro atoms. The molecule has 0 saturated heterocycles. The molecule has 0 fully saturated rings. The van der Waals surface area contributed by atoms with Crippen molar-refractivity contribution in [2.45, 2.75) is 11.8 Å². The molecular formula is C19H14F2O3S2. The van der Waals surface area contributed by atoms with E-state index in [1.807, 2.05) is 0 Å². The summed E-state index contributed by atoms with van der Waals surface area (Å²) in [5.74, 6) is -2.06. The first-order chi connectivity index (χ1) is 12.2. The van der Waals surface area contributed by atoms with Gasteiger partial charge in [-0.25, -0.2) is 17.2 Å². The van der Waals surface area contributed by atoms with Gasteiger partial charge in [-0.2, -0.15) is 0 Å². The molecule has 1 aromatic heterocycles. The van der Waals surface area contributed by atoms with Crippen molar-refractivity contribution in [3.05, 3.63) is 65.0 Å². The fraction of sp³-hybridized carbons (Fsp3) is 0.105. The summed E-state index contributed by atoms with van der Waals surface area (Å²) in [6.07, 6.45) is 1.12. The summed E-state index contributed by atoms with van der Waals surface area (Å²) < 4.78 is 50.1. The smallest absolute Gasteiger partial charge is 0.175 e. The highest BCUT2D eigenvalue weighted by molar-refractivity contribution is 7.90. The SMILES string of the molecule is CC(=O)c1cc(-c2ccc(S(C)(=O)=O)cc2)c(-c2ccc(F)c(F)c2)s1. The number of hydrogen-bond donors (Lipinski definition) is 0. The van der Waals surface area contributed by atoms with Crippen LogP contribution in [0.25, 0.3) is 21.6 Å². The van der Waals surface area contributed by atoms with Gasteiger partial charge in [0.2, 0.25) is 0 Å². The molecule has 1 heterocycles. The molecule has 134 valence electrons. The van der Waals surface area contributed by atoms with E-state index in [2.05, 4.69) is 0 Å². The average molecular weight is 392 g/mol. The first-order valence-corrected chi connectivity index (χ1v) is 10.3. The van der Waals surface area contributed by atoms with E-state index in [9.17, 15) is 22.0 Å². The number of carbonyl (C=O) groups excluding carboxylic acids is 1. The van der Waals surface area contributed by atoms with Gasteiger partial charge in [0.15, 0.2) is 27.3 Å². The standard InChI is InChI=1S/C19H14F2O3S2/c1-11(22)18-10-15(12-3-6-14(7-4-12)26(2,23)24)19(25-18)13-5-8-16(20)17(21)9-13/h3-10H,1-2H3. The van der Waals surface area contributed by atoms with Gasteiger partial charge in [-0.1, -0.05) is 18.2 Å². The second-order valence-electron chi connectivity index (χ2n) is 5.84. The minimum Gasteiger partial charge on any atom is -0.294 e. The molecule has 0 N–H and O–H groups in total. The summed E-state index contributed by atoms with van der Waals surface area (Å²) in [7, 11) is -3.33. The average Bonchev–Trinajstić information content (AvgIpc) is 3.02. The van der Waals surface area contributed by atoms with Crippen LogP contribution in [0, 0.1) is 11.6 Å². The van der Waals surface area contributed by atoms with Gasteiger partial charge in [-0.15, -0.1) is 11.3 Å². The molecule has 2 aromatic carbocycles. The second-order valence-corrected chi connectivity index (χ2v) is 8.90. The molecule has 0 unspecified atom stereocenters. The molecule has 0 aliphatic carbocycles. The van der Waals surface area contributed by atoms with Crippen LogP contribution in [0.4, 0.5) is 8.78 Å². The first kappa shape index (κ1) is 18.4. The predicted octanol–water partition coefficient (Wildman–Crippen LogP) is 4.97. The Hall–Kier alpha value is -2.38. The van der Waals surface area contributed by atoms with Gasteiger partial charge in [0, 0.05) is 16.7 Å². The first-order valence-electron chi connectivity index (χ1n) is 7.57. The Labute approximate surface area is 153 Å². The number of benzene rings is 2. The van der Waals surface area contributed by atoms with E-state index < -0.39 is 21.5 Å². The van der Waals surface area contributed by atoms with E-state index >= 15 is 0 Å². The lowest BCUT2D eigenvalue weighted by Crippen LogP contribution is -1.96. The molecule has 0 aliphatic heterocycles. The lowest BCUT2D eigenvalue weighted by molar-refractivity contribution is 0.102. The highest BCUT2D eigenvalue weighted by Crippen LogP contribution is 2.40.